The summed E-state index contributed by atoms with van der Waals surface area (Å²) in [5, 5.41) is 13.7. The Morgan fingerprint density at radius 3 is 1.95 bits per heavy atom. The standard InChI is InChI=1S/C34H51N7O3/c42-31(26-9-5-4-6-10-26)35-13-15-43-17-18-44-16-14-36-32-39-33(37-29-11-7-2-1-3-8-12-29)41-34(40-32)38-30-27-20-24-19-25(22-27)23-28(30)21-24/h4-6,9-10,24-25,27-30H,1-3,7-8,11-23H2,(H,35,42)(H3,36,37,38,39,40,41). The number of ether oxygens (including phenoxy) is 2. The van der Waals surface area contributed by atoms with Crippen LogP contribution in [0.25, 0.3) is 0 Å². The predicted octanol–water partition coefficient (Wildman–Crippen LogP) is 5.51. The van der Waals surface area contributed by atoms with Gasteiger partial charge in [0, 0.05) is 30.7 Å². The summed E-state index contributed by atoms with van der Waals surface area (Å²) in [6.45, 7) is 2.98. The third kappa shape index (κ3) is 8.81. The fourth-order valence-corrected chi connectivity index (χ4v) is 8.16. The molecule has 0 aliphatic heterocycles. The Kier molecular flexibility index (Phi) is 11.2. The van der Waals surface area contributed by atoms with Crippen molar-refractivity contribution in [2.24, 2.45) is 23.7 Å². The summed E-state index contributed by atoms with van der Waals surface area (Å²) in [6.07, 6.45) is 15.7. The minimum Gasteiger partial charge on any atom is -0.377 e. The van der Waals surface area contributed by atoms with E-state index in [4.69, 9.17) is 24.4 Å². The Morgan fingerprint density at radius 1 is 0.682 bits per heavy atom. The van der Waals surface area contributed by atoms with Crippen LogP contribution in [0.3, 0.4) is 0 Å². The normalized spacial score (nSPS) is 26.5. The summed E-state index contributed by atoms with van der Waals surface area (Å²) < 4.78 is 11.4. The molecule has 2 aromatic rings. The number of hydrogen-bond donors (Lipinski definition) is 4. The van der Waals surface area contributed by atoms with Crippen LogP contribution < -0.4 is 21.3 Å². The number of amides is 1. The minimum absolute atomic E-state index is 0.0886. The van der Waals surface area contributed by atoms with Gasteiger partial charge >= 0.3 is 0 Å². The number of anilines is 3. The van der Waals surface area contributed by atoms with E-state index < -0.39 is 0 Å². The molecule has 10 heteroatoms. The molecule has 5 aliphatic carbocycles. The lowest BCUT2D eigenvalue weighted by molar-refractivity contribution is 0.00728. The zero-order valence-corrected chi connectivity index (χ0v) is 26.1. The largest absolute Gasteiger partial charge is 0.377 e. The highest BCUT2D eigenvalue weighted by Gasteiger charge is 2.48. The Balaban J connectivity index is 0.951. The first-order valence-corrected chi connectivity index (χ1v) is 17.2. The summed E-state index contributed by atoms with van der Waals surface area (Å²) in [7, 11) is 0. The summed E-state index contributed by atoms with van der Waals surface area (Å²) in [5.41, 5.74) is 0.653. The molecule has 240 valence electrons. The lowest BCUT2D eigenvalue weighted by Gasteiger charge is -2.54. The first kappa shape index (κ1) is 31.0. The molecule has 4 bridgehead atoms. The summed E-state index contributed by atoms with van der Waals surface area (Å²) in [4.78, 5) is 26.6. The van der Waals surface area contributed by atoms with Crippen molar-refractivity contribution in [3.63, 3.8) is 0 Å². The van der Waals surface area contributed by atoms with E-state index in [-0.39, 0.29) is 5.91 Å². The Hall–Kier alpha value is -2.98. The zero-order chi connectivity index (χ0) is 30.0. The van der Waals surface area contributed by atoms with Crippen molar-refractivity contribution in [3.05, 3.63) is 35.9 Å². The van der Waals surface area contributed by atoms with Gasteiger partial charge in [0.25, 0.3) is 5.91 Å². The maximum absolute atomic E-state index is 12.1. The third-order valence-corrected chi connectivity index (χ3v) is 10.1. The Morgan fingerprint density at radius 2 is 1.27 bits per heavy atom. The number of carbonyl (C=O) groups is 1. The van der Waals surface area contributed by atoms with Crippen LogP contribution in [-0.2, 0) is 9.47 Å². The Labute approximate surface area is 262 Å². The molecule has 5 saturated carbocycles. The number of hydrogen-bond acceptors (Lipinski definition) is 9. The van der Waals surface area contributed by atoms with Crippen LogP contribution in [0.4, 0.5) is 17.8 Å². The van der Waals surface area contributed by atoms with Gasteiger partial charge in [0.2, 0.25) is 17.8 Å². The SMILES string of the molecule is O=C(NCCOCCOCCNc1nc(NC2CCCCCCC2)nc(NC2C3CC4CC(C3)CC2C4)n1)c1ccccc1. The number of nitrogens with zero attached hydrogens (tertiary/aromatic N) is 3. The molecule has 5 fully saturated rings. The number of nitrogens with one attached hydrogen (secondary N) is 4. The zero-order valence-electron chi connectivity index (χ0n) is 26.1. The summed E-state index contributed by atoms with van der Waals surface area (Å²) in [5.74, 6) is 5.24. The van der Waals surface area contributed by atoms with Crippen molar-refractivity contribution in [2.45, 2.75) is 89.1 Å². The van der Waals surface area contributed by atoms with Gasteiger partial charge in [-0.1, -0.05) is 50.3 Å². The van der Waals surface area contributed by atoms with Crippen molar-refractivity contribution < 1.29 is 14.3 Å². The monoisotopic (exact) mass is 605 g/mol. The highest BCUT2D eigenvalue weighted by molar-refractivity contribution is 5.94. The molecule has 1 aromatic heterocycles. The topological polar surface area (TPSA) is 122 Å². The van der Waals surface area contributed by atoms with E-state index in [9.17, 15) is 4.79 Å². The molecule has 0 unspecified atom stereocenters. The van der Waals surface area contributed by atoms with Crippen LogP contribution in [0.1, 0.15) is 87.4 Å². The van der Waals surface area contributed by atoms with Gasteiger partial charge in [-0.05, 0) is 80.8 Å². The molecule has 0 atom stereocenters. The van der Waals surface area contributed by atoms with Crippen molar-refractivity contribution in [2.75, 3.05) is 55.5 Å². The van der Waals surface area contributed by atoms with Gasteiger partial charge in [-0.15, -0.1) is 0 Å². The van der Waals surface area contributed by atoms with Gasteiger partial charge in [0.05, 0.1) is 26.4 Å². The molecule has 44 heavy (non-hydrogen) atoms. The van der Waals surface area contributed by atoms with Crippen LogP contribution in [-0.4, -0.2) is 72.5 Å². The van der Waals surface area contributed by atoms with Gasteiger partial charge in [-0.3, -0.25) is 4.79 Å². The van der Waals surface area contributed by atoms with E-state index >= 15 is 0 Å². The third-order valence-electron chi connectivity index (χ3n) is 10.1. The molecule has 0 spiro atoms. The first-order valence-electron chi connectivity index (χ1n) is 17.2. The van der Waals surface area contributed by atoms with Gasteiger partial charge in [0.1, 0.15) is 0 Å². The molecular formula is C34H51N7O3. The van der Waals surface area contributed by atoms with Crippen molar-refractivity contribution in [1.29, 1.82) is 0 Å². The second-order valence-corrected chi connectivity index (χ2v) is 13.4. The molecule has 1 amide bonds. The van der Waals surface area contributed by atoms with Gasteiger partial charge in [-0.2, -0.15) is 15.0 Å². The fraction of sp³-hybridized carbons (Fsp3) is 0.706. The maximum atomic E-state index is 12.1. The van der Waals surface area contributed by atoms with Crippen LogP contribution in [0.2, 0.25) is 0 Å². The highest BCUT2D eigenvalue weighted by Crippen LogP contribution is 2.54. The Bertz CT molecular complexity index is 1150. The second-order valence-electron chi connectivity index (χ2n) is 13.4. The number of rotatable bonds is 15. The van der Waals surface area contributed by atoms with E-state index in [2.05, 4.69) is 21.3 Å². The lowest BCUT2D eigenvalue weighted by Crippen LogP contribution is -2.51. The van der Waals surface area contributed by atoms with Crippen molar-refractivity contribution in [3.8, 4) is 0 Å². The molecule has 4 N–H and O–H groups in total. The van der Waals surface area contributed by atoms with E-state index in [1.165, 1.54) is 77.0 Å². The van der Waals surface area contributed by atoms with E-state index in [0.717, 1.165) is 23.7 Å². The summed E-state index contributed by atoms with van der Waals surface area (Å²) in [6, 6.07) is 10.1. The van der Waals surface area contributed by atoms with Crippen LogP contribution >= 0.6 is 0 Å². The average Bonchev–Trinajstić information content (AvgIpc) is 3.01. The molecule has 7 rings (SSSR count). The van der Waals surface area contributed by atoms with Crippen molar-refractivity contribution in [1.82, 2.24) is 20.3 Å². The van der Waals surface area contributed by atoms with Crippen LogP contribution in [0, 0.1) is 23.7 Å². The molecule has 0 radical (unpaired) electrons. The van der Waals surface area contributed by atoms with Gasteiger partial charge < -0.3 is 30.7 Å². The fourth-order valence-electron chi connectivity index (χ4n) is 8.16. The number of aromatic nitrogens is 3. The lowest BCUT2D eigenvalue weighted by atomic mass is 9.54. The second kappa shape index (κ2) is 15.8. The van der Waals surface area contributed by atoms with Gasteiger partial charge in [-0.25, -0.2) is 0 Å². The quantitative estimate of drug-likeness (QED) is 0.195. The summed E-state index contributed by atoms with van der Waals surface area (Å²) >= 11 is 0. The van der Waals surface area contributed by atoms with Crippen LogP contribution in [0.15, 0.2) is 30.3 Å². The van der Waals surface area contributed by atoms with E-state index in [1.807, 2.05) is 18.2 Å². The first-order chi connectivity index (χ1) is 21.7. The predicted molar refractivity (Wildman–Crippen MR) is 173 cm³/mol. The van der Waals surface area contributed by atoms with Crippen LogP contribution in [0.5, 0.6) is 0 Å². The van der Waals surface area contributed by atoms with Crippen molar-refractivity contribution >= 4 is 23.8 Å². The van der Waals surface area contributed by atoms with E-state index in [0.29, 0.717) is 75.0 Å². The van der Waals surface area contributed by atoms with Gasteiger partial charge in [0.15, 0.2) is 0 Å². The molecular weight excluding hydrogens is 554 g/mol. The number of benzene rings is 1. The number of carbonyl (C=O) groups excluding carboxylic acids is 1. The molecule has 0 saturated heterocycles. The molecule has 1 heterocycles. The minimum atomic E-state index is -0.0886. The molecule has 5 aliphatic rings. The van der Waals surface area contributed by atoms with E-state index in [1.54, 1.807) is 12.1 Å². The smallest absolute Gasteiger partial charge is 0.251 e. The average molecular weight is 606 g/mol. The highest BCUT2D eigenvalue weighted by atomic mass is 16.5. The molecule has 1 aromatic carbocycles. The molecule has 10 nitrogen and oxygen atoms in total. The maximum Gasteiger partial charge on any atom is 0.251 e.